The zero-order valence-electron chi connectivity index (χ0n) is 15.4. The van der Waals surface area contributed by atoms with Gasteiger partial charge in [0.1, 0.15) is 11.5 Å². The molecule has 5 rings (SSSR count). The van der Waals surface area contributed by atoms with Crippen LogP contribution in [0.1, 0.15) is 11.5 Å². The molecule has 0 bridgehead atoms. The molecule has 0 saturated carbocycles. The molecule has 2 unspecified atom stereocenters. The molecule has 3 heteroatoms. The van der Waals surface area contributed by atoms with E-state index in [9.17, 15) is 0 Å². The lowest BCUT2D eigenvalue weighted by atomic mass is 9.90. The van der Waals surface area contributed by atoms with E-state index in [1.54, 1.807) is 14.2 Å². The van der Waals surface area contributed by atoms with Crippen molar-refractivity contribution in [3.8, 4) is 5.75 Å². The molecule has 3 aromatic carbocycles. The third-order valence-electron chi connectivity index (χ3n) is 5.57. The SMILES string of the molecule is COC1=CC2C(C=C1)c1ccc3cc(OC)ccc3c1N2c1ccccc1. The second kappa shape index (κ2) is 6.20. The Morgan fingerprint density at radius 1 is 0.889 bits per heavy atom. The number of fused-ring (bicyclic) bond motifs is 5. The second-order valence-corrected chi connectivity index (χ2v) is 6.94. The van der Waals surface area contributed by atoms with Crippen molar-refractivity contribution in [3.05, 3.63) is 90.2 Å². The van der Waals surface area contributed by atoms with Crippen LogP contribution in [0, 0.1) is 0 Å². The molecule has 0 fully saturated rings. The van der Waals surface area contributed by atoms with Crippen molar-refractivity contribution in [1.82, 2.24) is 0 Å². The molecule has 2 atom stereocenters. The predicted molar refractivity (Wildman–Crippen MR) is 110 cm³/mol. The smallest absolute Gasteiger partial charge is 0.119 e. The first kappa shape index (κ1) is 16.0. The summed E-state index contributed by atoms with van der Waals surface area (Å²) in [6, 6.07) is 21.6. The quantitative estimate of drug-likeness (QED) is 0.614. The Morgan fingerprint density at radius 2 is 1.74 bits per heavy atom. The number of ether oxygens (including phenoxy) is 2. The molecule has 1 heterocycles. The van der Waals surface area contributed by atoms with Gasteiger partial charge in [-0.05, 0) is 53.4 Å². The largest absolute Gasteiger partial charge is 0.497 e. The van der Waals surface area contributed by atoms with Gasteiger partial charge in [0.15, 0.2) is 0 Å². The molecular formula is C24H21NO2. The van der Waals surface area contributed by atoms with Crippen molar-refractivity contribution in [3.63, 3.8) is 0 Å². The Hall–Kier alpha value is -3.20. The van der Waals surface area contributed by atoms with Crippen molar-refractivity contribution in [2.45, 2.75) is 12.0 Å². The average molecular weight is 355 g/mol. The Kier molecular flexibility index (Phi) is 3.68. The van der Waals surface area contributed by atoms with E-state index >= 15 is 0 Å². The van der Waals surface area contributed by atoms with Crippen LogP contribution in [0.15, 0.2) is 84.7 Å². The van der Waals surface area contributed by atoms with E-state index in [1.807, 2.05) is 6.07 Å². The molecule has 0 spiro atoms. The minimum absolute atomic E-state index is 0.204. The molecule has 0 radical (unpaired) electrons. The summed E-state index contributed by atoms with van der Waals surface area (Å²) in [6.45, 7) is 0. The maximum absolute atomic E-state index is 5.53. The molecule has 0 aromatic heterocycles. The van der Waals surface area contributed by atoms with Crippen molar-refractivity contribution in [2.75, 3.05) is 19.1 Å². The number of rotatable bonds is 3. The standard InChI is InChI=1S/C24H21NO2/c1-26-18-9-12-20-16(14-18)8-11-22-21-13-10-19(27-2)15-23(21)25(24(20)22)17-6-4-3-5-7-17/h3-15,21,23H,1-2H3. The molecule has 1 aliphatic carbocycles. The summed E-state index contributed by atoms with van der Waals surface area (Å²) in [5.41, 5.74) is 3.82. The maximum atomic E-state index is 5.53. The molecule has 2 aliphatic rings. The minimum Gasteiger partial charge on any atom is -0.497 e. The van der Waals surface area contributed by atoms with E-state index in [4.69, 9.17) is 9.47 Å². The normalized spacial score (nSPS) is 20.2. The van der Waals surface area contributed by atoms with Gasteiger partial charge in [0.2, 0.25) is 0 Å². The number of nitrogens with zero attached hydrogens (tertiary/aromatic N) is 1. The monoisotopic (exact) mass is 355 g/mol. The van der Waals surface area contributed by atoms with E-state index < -0.39 is 0 Å². The van der Waals surface area contributed by atoms with Gasteiger partial charge < -0.3 is 14.4 Å². The fourth-order valence-corrected chi connectivity index (χ4v) is 4.31. The number of hydrogen-bond acceptors (Lipinski definition) is 3. The van der Waals surface area contributed by atoms with Gasteiger partial charge in [-0.2, -0.15) is 0 Å². The van der Waals surface area contributed by atoms with Crippen LogP contribution in [0.25, 0.3) is 10.8 Å². The van der Waals surface area contributed by atoms with Gasteiger partial charge in [0, 0.05) is 17.0 Å². The third-order valence-corrected chi connectivity index (χ3v) is 5.57. The van der Waals surface area contributed by atoms with Crippen LogP contribution in [0.5, 0.6) is 5.75 Å². The van der Waals surface area contributed by atoms with Gasteiger partial charge in [-0.15, -0.1) is 0 Å². The average Bonchev–Trinajstić information content (AvgIpc) is 3.07. The van der Waals surface area contributed by atoms with Gasteiger partial charge in [0.25, 0.3) is 0 Å². The molecule has 0 saturated heterocycles. The first-order chi connectivity index (χ1) is 13.3. The van der Waals surface area contributed by atoms with E-state index in [0.29, 0.717) is 5.92 Å². The first-order valence-corrected chi connectivity index (χ1v) is 9.19. The fraction of sp³-hybridized carbons (Fsp3) is 0.167. The Morgan fingerprint density at radius 3 is 2.52 bits per heavy atom. The zero-order chi connectivity index (χ0) is 18.4. The summed E-state index contributed by atoms with van der Waals surface area (Å²) < 4.78 is 11.0. The van der Waals surface area contributed by atoms with Crippen molar-refractivity contribution in [1.29, 1.82) is 0 Å². The van der Waals surface area contributed by atoms with Crippen LogP contribution in [-0.4, -0.2) is 20.3 Å². The summed E-state index contributed by atoms with van der Waals surface area (Å²) in [7, 11) is 3.44. The Balaban J connectivity index is 1.78. The molecule has 3 aromatic rings. The second-order valence-electron chi connectivity index (χ2n) is 6.94. The van der Waals surface area contributed by atoms with Crippen molar-refractivity contribution in [2.24, 2.45) is 0 Å². The van der Waals surface area contributed by atoms with Gasteiger partial charge in [-0.1, -0.05) is 36.4 Å². The molecule has 1 aliphatic heterocycles. The highest BCUT2D eigenvalue weighted by Gasteiger charge is 2.39. The predicted octanol–water partition coefficient (Wildman–Crippen LogP) is 5.55. The van der Waals surface area contributed by atoms with Gasteiger partial charge in [0.05, 0.1) is 25.9 Å². The third kappa shape index (κ3) is 2.42. The van der Waals surface area contributed by atoms with Crippen LogP contribution in [-0.2, 0) is 4.74 Å². The van der Waals surface area contributed by atoms with E-state index in [-0.39, 0.29) is 6.04 Å². The van der Waals surface area contributed by atoms with Gasteiger partial charge >= 0.3 is 0 Å². The lowest BCUT2D eigenvalue weighted by Crippen LogP contribution is -2.29. The van der Waals surface area contributed by atoms with Crippen LogP contribution >= 0.6 is 0 Å². The summed E-state index contributed by atoms with van der Waals surface area (Å²) in [5, 5.41) is 2.43. The summed E-state index contributed by atoms with van der Waals surface area (Å²) in [6.07, 6.45) is 6.57. The highest BCUT2D eigenvalue weighted by molar-refractivity contribution is 6.01. The van der Waals surface area contributed by atoms with Crippen LogP contribution in [0.4, 0.5) is 11.4 Å². The maximum Gasteiger partial charge on any atom is 0.119 e. The van der Waals surface area contributed by atoms with Crippen LogP contribution < -0.4 is 9.64 Å². The summed E-state index contributed by atoms with van der Waals surface area (Å²) in [4.78, 5) is 2.44. The number of hydrogen-bond donors (Lipinski definition) is 0. The lowest BCUT2D eigenvalue weighted by molar-refractivity contribution is 0.301. The zero-order valence-corrected chi connectivity index (χ0v) is 15.4. The highest BCUT2D eigenvalue weighted by Crippen LogP contribution is 2.51. The van der Waals surface area contributed by atoms with E-state index in [1.165, 1.54) is 27.7 Å². The van der Waals surface area contributed by atoms with Crippen molar-refractivity contribution < 1.29 is 9.47 Å². The lowest BCUT2D eigenvalue weighted by Gasteiger charge is -2.30. The first-order valence-electron chi connectivity index (χ1n) is 9.19. The molecular weight excluding hydrogens is 334 g/mol. The minimum atomic E-state index is 0.204. The molecule has 134 valence electrons. The summed E-state index contributed by atoms with van der Waals surface area (Å²) >= 11 is 0. The topological polar surface area (TPSA) is 21.7 Å². The number of anilines is 2. The Labute approximate surface area is 159 Å². The molecule has 0 amide bonds. The summed E-state index contributed by atoms with van der Waals surface area (Å²) in [5.74, 6) is 2.10. The van der Waals surface area contributed by atoms with Gasteiger partial charge in [-0.25, -0.2) is 0 Å². The van der Waals surface area contributed by atoms with E-state index in [2.05, 4.69) is 77.7 Å². The molecule has 3 nitrogen and oxygen atoms in total. The number of para-hydroxylation sites is 1. The molecule has 27 heavy (non-hydrogen) atoms. The molecule has 0 N–H and O–H groups in total. The van der Waals surface area contributed by atoms with Crippen LogP contribution in [0.2, 0.25) is 0 Å². The van der Waals surface area contributed by atoms with Crippen LogP contribution in [0.3, 0.4) is 0 Å². The van der Waals surface area contributed by atoms with Crippen molar-refractivity contribution >= 4 is 22.1 Å². The fourth-order valence-electron chi connectivity index (χ4n) is 4.31. The van der Waals surface area contributed by atoms with E-state index in [0.717, 1.165) is 11.5 Å². The number of benzene rings is 3. The Bertz CT molecular complexity index is 1070. The number of methoxy groups -OCH3 is 2. The highest BCUT2D eigenvalue weighted by atomic mass is 16.5. The van der Waals surface area contributed by atoms with Gasteiger partial charge in [-0.3, -0.25) is 0 Å². The number of allylic oxidation sites excluding steroid dienone is 1.